The molecule has 0 unspecified atom stereocenters. The highest BCUT2D eigenvalue weighted by Gasteiger charge is 2.55. The number of nitrogens with one attached hydrogen (secondary N) is 2. The maximum Gasteiger partial charge on any atom is 0.321 e. The Kier molecular flexibility index (Phi) is 7.17. The fourth-order valence-electron chi connectivity index (χ4n) is 6.01. The van der Waals surface area contributed by atoms with E-state index in [1.807, 2.05) is 0 Å². The van der Waals surface area contributed by atoms with Crippen molar-refractivity contribution in [3.05, 3.63) is 35.9 Å². The average Bonchev–Trinajstić information content (AvgIpc) is 3.05. The van der Waals surface area contributed by atoms with Crippen LogP contribution in [0.15, 0.2) is 30.3 Å². The van der Waals surface area contributed by atoms with Gasteiger partial charge in [0.25, 0.3) is 0 Å². The first-order valence-corrected chi connectivity index (χ1v) is 12.6. The van der Waals surface area contributed by atoms with E-state index in [9.17, 15) is 14.4 Å². The number of hydrogen-bond acceptors (Lipinski definition) is 4. The highest BCUT2D eigenvalue weighted by molar-refractivity contribution is 5.88. The molecule has 1 spiro atoms. The Hall–Kier alpha value is -2.61. The Morgan fingerprint density at radius 2 is 1.74 bits per heavy atom. The van der Waals surface area contributed by atoms with Crippen LogP contribution in [0, 0.1) is 5.92 Å². The molecule has 2 aliphatic carbocycles. The maximum absolute atomic E-state index is 13.5. The fourth-order valence-corrected chi connectivity index (χ4v) is 6.01. The molecule has 0 atom stereocenters. The summed E-state index contributed by atoms with van der Waals surface area (Å²) in [5.74, 6) is 0.0234. The zero-order valence-corrected chi connectivity index (χ0v) is 20.8. The van der Waals surface area contributed by atoms with Crippen molar-refractivity contribution in [2.75, 3.05) is 47.3 Å². The lowest BCUT2D eigenvalue weighted by atomic mass is 9.68. The van der Waals surface area contributed by atoms with Gasteiger partial charge in [-0.05, 0) is 64.1 Å². The quantitative estimate of drug-likeness (QED) is 0.611. The van der Waals surface area contributed by atoms with Crippen molar-refractivity contribution in [1.82, 2.24) is 25.3 Å². The van der Waals surface area contributed by atoms with E-state index in [-0.39, 0.29) is 42.0 Å². The van der Waals surface area contributed by atoms with Gasteiger partial charge in [-0.25, -0.2) is 4.79 Å². The highest BCUT2D eigenvalue weighted by atomic mass is 16.2. The van der Waals surface area contributed by atoms with E-state index in [1.165, 1.54) is 31.9 Å². The minimum Gasteiger partial charge on any atom is -0.358 e. The second-order valence-corrected chi connectivity index (χ2v) is 10.5. The van der Waals surface area contributed by atoms with Crippen molar-refractivity contribution in [3.63, 3.8) is 0 Å². The number of likely N-dealkylation sites (N-methyl/N-ethyl adjacent to an activating group) is 1. The van der Waals surface area contributed by atoms with E-state index < -0.39 is 0 Å². The predicted molar refractivity (Wildman–Crippen MR) is 131 cm³/mol. The average molecular weight is 470 g/mol. The molecule has 2 saturated carbocycles. The number of hydrogen-bond donors (Lipinski definition) is 2. The lowest BCUT2D eigenvalue weighted by molar-refractivity contribution is -0.126. The van der Waals surface area contributed by atoms with Gasteiger partial charge in [-0.15, -0.1) is 0 Å². The second-order valence-electron chi connectivity index (χ2n) is 10.5. The molecule has 4 amide bonds. The third kappa shape index (κ3) is 4.65. The third-order valence-corrected chi connectivity index (χ3v) is 8.46. The smallest absolute Gasteiger partial charge is 0.321 e. The first-order valence-electron chi connectivity index (χ1n) is 12.6. The summed E-state index contributed by atoms with van der Waals surface area (Å²) in [7, 11) is 5.84. The maximum atomic E-state index is 13.5. The van der Waals surface area contributed by atoms with E-state index in [0.717, 1.165) is 32.2 Å². The first kappa shape index (κ1) is 24.5. The lowest BCUT2D eigenvalue weighted by Gasteiger charge is -2.51. The van der Waals surface area contributed by atoms with Gasteiger partial charge in [0.15, 0.2) is 0 Å². The van der Waals surface area contributed by atoms with E-state index in [2.05, 4.69) is 64.9 Å². The number of benzene rings is 1. The Labute approximate surface area is 203 Å². The van der Waals surface area contributed by atoms with Crippen molar-refractivity contribution >= 4 is 17.8 Å². The third-order valence-electron chi connectivity index (χ3n) is 8.46. The Balaban J connectivity index is 1.51. The number of amides is 4. The van der Waals surface area contributed by atoms with Crippen LogP contribution >= 0.6 is 0 Å². The molecule has 3 fully saturated rings. The van der Waals surface area contributed by atoms with Crippen LogP contribution in [-0.2, 0) is 15.1 Å². The molecule has 186 valence electrons. The molecule has 2 N–H and O–H groups in total. The molecule has 1 aliphatic heterocycles. The van der Waals surface area contributed by atoms with E-state index in [0.29, 0.717) is 12.5 Å². The number of urea groups is 1. The van der Waals surface area contributed by atoms with Crippen LogP contribution < -0.4 is 10.6 Å². The predicted octanol–water partition coefficient (Wildman–Crippen LogP) is 2.16. The first-order chi connectivity index (χ1) is 16.3. The molecule has 8 nitrogen and oxygen atoms in total. The summed E-state index contributed by atoms with van der Waals surface area (Å²) in [5, 5.41) is 5.12. The number of carbonyl (C=O) groups is 3. The summed E-state index contributed by atoms with van der Waals surface area (Å²) in [6, 6.07) is 10.7. The minimum atomic E-state index is -0.291. The second kappa shape index (κ2) is 9.94. The Morgan fingerprint density at radius 3 is 2.29 bits per heavy atom. The normalized spacial score (nSPS) is 27.2. The van der Waals surface area contributed by atoms with Crippen LogP contribution in [0.3, 0.4) is 0 Å². The Morgan fingerprint density at radius 1 is 1.06 bits per heavy atom. The van der Waals surface area contributed by atoms with Crippen molar-refractivity contribution in [2.45, 2.75) is 56.0 Å². The molecule has 8 heteroatoms. The summed E-state index contributed by atoms with van der Waals surface area (Å²) in [5.41, 5.74) is 1.05. The van der Waals surface area contributed by atoms with Crippen molar-refractivity contribution in [2.24, 2.45) is 5.92 Å². The summed E-state index contributed by atoms with van der Waals surface area (Å²) < 4.78 is 0. The van der Waals surface area contributed by atoms with Gasteiger partial charge >= 0.3 is 6.03 Å². The molecule has 1 saturated heterocycles. The molecule has 0 aromatic heterocycles. The van der Waals surface area contributed by atoms with Crippen LogP contribution in [0.4, 0.5) is 4.79 Å². The largest absolute Gasteiger partial charge is 0.358 e. The van der Waals surface area contributed by atoms with Crippen molar-refractivity contribution < 1.29 is 14.4 Å². The Bertz CT molecular complexity index is 891. The van der Waals surface area contributed by atoms with Crippen molar-refractivity contribution in [3.8, 4) is 0 Å². The highest BCUT2D eigenvalue weighted by Crippen LogP contribution is 2.49. The summed E-state index contributed by atoms with van der Waals surface area (Å²) in [4.78, 5) is 43.7. The van der Waals surface area contributed by atoms with E-state index >= 15 is 0 Å². The monoisotopic (exact) mass is 469 g/mol. The lowest BCUT2D eigenvalue weighted by Crippen LogP contribution is -2.56. The van der Waals surface area contributed by atoms with Gasteiger partial charge in [0.2, 0.25) is 11.8 Å². The van der Waals surface area contributed by atoms with Gasteiger partial charge in [-0.2, -0.15) is 0 Å². The summed E-state index contributed by atoms with van der Waals surface area (Å²) in [6.07, 6.45) is 7.35. The molecule has 1 aromatic carbocycles. The van der Waals surface area contributed by atoms with Gasteiger partial charge < -0.3 is 20.4 Å². The van der Waals surface area contributed by atoms with Gasteiger partial charge in [0, 0.05) is 25.7 Å². The van der Waals surface area contributed by atoms with Gasteiger partial charge in [0.05, 0.1) is 12.1 Å². The van der Waals surface area contributed by atoms with Crippen LogP contribution in [-0.4, -0.2) is 85.4 Å². The molecule has 0 bridgehead atoms. The molecule has 1 heterocycles. The topological polar surface area (TPSA) is 85.0 Å². The molecule has 3 aliphatic rings. The zero-order valence-electron chi connectivity index (χ0n) is 20.8. The minimum absolute atomic E-state index is 0.00372. The fraction of sp³-hybridized carbons (Fsp3) is 0.654. The standard InChI is InChI=1S/C26H39N5O3/c1-27-22(32)16-28-23(33)18-30-19-25(31(24(30)34)17-20-8-7-9-20)12-14-26(15-13-25,29(2)3)21-10-5-4-6-11-21/h4-6,10-11,20H,7-9,12-19H2,1-3H3,(H,27,32)(H,28,33)/t25-,26+. The van der Waals surface area contributed by atoms with E-state index in [4.69, 9.17) is 0 Å². The number of carbonyl (C=O) groups excluding carboxylic acids is 3. The molecule has 34 heavy (non-hydrogen) atoms. The van der Waals surface area contributed by atoms with Crippen LogP contribution in [0.25, 0.3) is 0 Å². The molecular formula is C26H39N5O3. The van der Waals surface area contributed by atoms with Crippen LogP contribution in [0.5, 0.6) is 0 Å². The molecular weight excluding hydrogens is 430 g/mol. The SMILES string of the molecule is CNC(=O)CNC(=O)CN1C[C@]2(CC[C@](c3ccccc3)(N(C)C)CC2)N(CC2CCC2)C1=O. The van der Waals surface area contributed by atoms with Crippen LogP contribution in [0.1, 0.15) is 50.5 Å². The molecule has 0 radical (unpaired) electrons. The number of rotatable bonds is 8. The van der Waals surface area contributed by atoms with Crippen LogP contribution in [0.2, 0.25) is 0 Å². The summed E-state index contributed by atoms with van der Waals surface area (Å²) >= 11 is 0. The van der Waals surface area contributed by atoms with Gasteiger partial charge in [-0.1, -0.05) is 36.8 Å². The zero-order chi connectivity index (χ0) is 24.3. The van der Waals surface area contributed by atoms with Gasteiger partial charge in [-0.3, -0.25) is 14.5 Å². The molecule has 4 rings (SSSR count). The van der Waals surface area contributed by atoms with E-state index in [1.54, 1.807) is 4.90 Å². The van der Waals surface area contributed by atoms with Crippen molar-refractivity contribution in [1.29, 1.82) is 0 Å². The van der Waals surface area contributed by atoms with Gasteiger partial charge in [0.1, 0.15) is 6.54 Å². The number of nitrogens with zero attached hydrogens (tertiary/aromatic N) is 3. The molecule has 1 aromatic rings. The summed E-state index contributed by atoms with van der Waals surface area (Å²) in [6.45, 7) is 1.28.